The number of aryl methyl sites for hydroxylation is 1. The van der Waals surface area contributed by atoms with E-state index < -0.39 is 0 Å². The third kappa shape index (κ3) is 5.70. The molecule has 2 aromatic rings. The van der Waals surface area contributed by atoms with Gasteiger partial charge in [-0.2, -0.15) is 0 Å². The largest absolute Gasteiger partial charge is 0.459 e. The zero-order valence-electron chi connectivity index (χ0n) is 17.4. The molecule has 2 heterocycles. The van der Waals surface area contributed by atoms with Gasteiger partial charge < -0.3 is 20.0 Å². The molecule has 2 N–H and O–H groups in total. The van der Waals surface area contributed by atoms with Crippen molar-refractivity contribution in [3.63, 3.8) is 0 Å². The van der Waals surface area contributed by atoms with E-state index in [1.165, 1.54) is 6.26 Å². The molecule has 1 fully saturated rings. The number of carbonyl (C=O) groups excluding carboxylic acids is 3. The van der Waals surface area contributed by atoms with E-state index in [0.29, 0.717) is 32.7 Å². The highest BCUT2D eigenvalue weighted by atomic mass is 16.3. The Kier molecular flexibility index (Phi) is 7.24. The van der Waals surface area contributed by atoms with Crippen molar-refractivity contribution >= 4 is 23.4 Å². The Morgan fingerprint density at radius 2 is 1.80 bits per heavy atom. The Labute approximate surface area is 176 Å². The molecule has 0 aliphatic carbocycles. The van der Waals surface area contributed by atoms with Gasteiger partial charge in [-0.1, -0.05) is 12.1 Å². The third-order valence-electron chi connectivity index (χ3n) is 5.34. The first-order chi connectivity index (χ1) is 14.4. The van der Waals surface area contributed by atoms with Crippen LogP contribution in [0.3, 0.4) is 0 Å². The molecule has 0 atom stereocenters. The number of amides is 3. The van der Waals surface area contributed by atoms with Gasteiger partial charge in [0.05, 0.1) is 12.8 Å². The van der Waals surface area contributed by atoms with Gasteiger partial charge in [-0.25, -0.2) is 0 Å². The Bertz CT molecular complexity index is 887. The summed E-state index contributed by atoms with van der Waals surface area (Å²) in [6.45, 7) is 7.00. The molecule has 0 spiro atoms. The number of carbonyl (C=O) groups is 3. The lowest BCUT2D eigenvalue weighted by Crippen LogP contribution is -2.50. The van der Waals surface area contributed by atoms with E-state index in [2.05, 4.69) is 10.6 Å². The Balaban J connectivity index is 1.36. The van der Waals surface area contributed by atoms with Crippen LogP contribution in [0, 0.1) is 13.8 Å². The molecule has 160 valence electrons. The molecule has 1 aromatic heterocycles. The average molecular weight is 412 g/mol. The van der Waals surface area contributed by atoms with Crippen LogP contribution in [0.4, 0.5) is 5.69 Å². The van der Waals surface area contributed by atoms with Crippen LogP contribution in [0.5, 0.6) is 0 Å². The zero-order chi connectivity index (χ0) is 21.5. The smallest absolute Gasteiger partial charge is 0.286 e. The maximum Gasteiger partial charge on any atom is 0.286 e. The fraction of sp³-hybridized carbons (Fsp3) is 0.409. The number of piperazine rings is 1. The Hall–Kier alpha value is -3.13. The van der Waals surface area contributed by atoms with E-state index in [-0.39, 0.29) is 36.4 Å². The second-order valence-corrected chi connectivity index (χ2v) is 7.44. The standard InChI is InChI=1S/C22H28N4O4/c1-16-5-3-6-18(17(16)2)24-20(27)15-25-10-12-26(13-11-25)21(28)8-9-23-22(29)19-7-4-14-30-19/h3-7,14H,8-13,15H2,1-2H3,(H,23,29)(H,24,27). The summed E-state index contributed by atoms with van der Waals surface area (Å²) in [4.78, 5) is 40.4. The van der Waals surface area contributed by atoms with Crippen molar-refractivity contribution in [1.29, 1.82) is 0 Å². The highest BCUT2D eigenvalue weighted by Crippen LogP contribution is 2.18. The van der Waals surface area contributed by atoms with E-state index in [4.69, 9.17) is 4.42 Å². The van der Waals surface area contributed by atoms with Crippen LogP contribution in [-0.2, 0) is 9.59 Å². The monoisotopic (exact) mass is 412 g/mol. The van der Waals surface area contributed by atoms with Crippen LogP contribution in [-0.4, -0.2) is 66.8 Å². The molecule has 3 amide bonds. The van der Waals surface area contributed by atoms with Gasteiger partial charge in [0.15, 0.2) is 5.76 Å². The van der Waals surface area contributed by atoms with Gasteiger partial charge in [-0.3, -0.25) is 19.3 Å². The summed E-state index contributed by atoms with van der Waals surface area (Å²) in [5.41, 5.74) is 3.05. The van der Waals surface area contributed by atoms with Crippen LogP contribution in [0.2, 0.25) is 0 Å². The summed E-state index contributed by atoms with van der Waals surface area (Å²) in [6, 6.07) is 9.07. The predicted molar refractivity (Wildman–Crippen MR) is 113 cm³/mol. The number of benzene rings is 1. The number of hydrogen-bond donors (Lipinski definition) is 2. The minimum atomic E-state index is -0.326. The number of nitrogens with one attached hydrogen (secondary N) is 2. The minimum absolute atomic E-state index is 0.00534. The van der Waals surface area contributed by atoms with Crippen LogP contribution < -0.4 is 10.6 Å². The summed E-state index contributed by atoms with van der Waals surface area (Å²) < 4.78 is 5.02. The number of hydrogen-bond acceptors (Lipinski definition) is 5. The first-order valence-electron chi connectivity index (χ1n) is 10.1. The molecule has 0 unspecified atom stereocenters. The topological polar surface area (TPSA) is 94.9 Å². The third-order valence-corrected chi connectivity index (χ3v) is 5.34. The van der Waals surface area contributed by atoms with Gasteiger partial charge in [0.2, 0.25) is 11.8 Å². The minimum Gasteiger partial charge on any atom is -0.459 e. The number of rotatable bonds is 7. The lowest BCUT2D eigenvalue weighted by Gasteiger charge is -2.34. The van der Waals surface area contributed by atoms with E-state index in [0.717, 1.165) is 16.8 Å². The second-order valence-electron chi connectivity index (χ2n) is 7.44. The molecule has 30 heavy (non-hydrogen) atoms. The molecule has 0 bridgehead atoms. The molecule has 0 saturated carbocycles. The molecule has 1 aromatic carbocycles. The van der Waals surface area contributed by atoms with Crippen LogP contribution in [0.25, 0.3) is 0 Å². The van der Waals surface area contributed by atoms with Gasteiger partial charge in [0, 0.05) is 44.8 Å². The van der Waals surface area contributed by atoms with E-state index >= 15 is 0 Å². The average Bonchev–Trinajstić information content (AvgIpc) is 3.27. The fourth-order valence-electron chi connectivity index (χ4n) is 3.37. The van der Waals surface area contributed by atoms with Crippen molar-refractivity contribution in [2.45, 2.75) is 20.3 Å². The Morgan fingerprint density at radius 1 is 1.03 bits per heavy atom. The summed E-state index contributed by atoms with van der Waals surface area (Å²) in [7, 11) is 0. The van der Waals surface area contributed by atoms with Crippen LogP contribution in [0.15, 0.2) is 41.0 Å². The highest BCUT2D eigenvalue weighted by molar-refractivity contribution is 5.93. The molecule has 1 aliphatic rings. The number of nitrogens with zero attached hydrogens (tertiary/aromatic N) is 2. The van der Waals surface area contributed by atoms with Crippen molar-refractivity contribution in [1.82, 2.24) is 15.1 Å². The molecular weight excluding hydrogens is 384 g/mol. The molecule has 8 heteroatoms. The maximum atomic E-state index is 12.4. The van der Waals surface area contributed by atoms with E-state index in [1.807, 2.05) is 36.9 Å². The summed E-state index contributed by atoms with van der Waals surface area (Å²) >= 11 is 0. The molecular formula is C22H28N4O4. The van der Waals surface area contributed by atoms with Crippen molar-refractivity contribution in [3.05, 3.63) is 53.5 Å². The number of anilines is 1. The first kappa shape index (κ1) is 21.6. The maximum absolute atomic E-state index is 12.4. The van der Waals surface area contributed by atoms with Gasteiger partial charge >= 0.3 is 0 Å². The quantitative estimate of drug-likeness (QED) is 0.723. The van der Waals surface area contributed by atoms with Gasteiger partial charge in [-0.05, 0) is 43.2 Å². The zero-order valence-corrected chi connectivity index (χ0v) is 17.4. The van der Waals surface area contributed by atoms with E-state index in [1.54, 1.807) is 17.0 Å². The molecule has 1 aliphatic heterocycles. The Morgan fingerprint density at radius 3 is 2.50 bits per heavy atom. The van der Waals surface area contributed by atoms with Crippen molar-refractivity contribution < 1.29 is 18.8 Å². The summed E-state index contributed by atoms with van der Waals surface area (Å²) in [5.74, 6) is -0.152. The van der Waals surface area contributed by atoms with Crippen molar-refractivity contribution in [2.75, 3.05) is 44.6 Å². The number of furan rings is 1. The molecule has 0 radical (unpaired) electrons. The van der Waals surface area contributed by atoms with Gasteiger partial charge in [0.25, 0.3) is 5.91 Å². The van der Waals surface area contributed by atoms with Crippen molar-refractivity contribution in [3.8, 4) is 0 Å². The van der Waals surface area contributed by atoms with Crippen LogP contribution in [0.1, 0.15) is 28.1 Å². The fourth-order valence-corrected chi connectivity index (χ4v) is 3.37. The highest BCUT2D eigenvalue weighted by Gasteiger charge is 2.22. The summed E-state index contributed by atoms with van der Waals surface area (Å²) in [6.07, 6.45) is 1.67. The van der Waals surface area contributed by atoms with Crippen molar-refractivity contribution in [2.24, 2.45) is 0 Å². The van der Waals surface area contributed by atoms with E-state index in [9.17, 15) is 14.4 Å². The molecule has 1 saturated heterocycles. The molecule has 3 rings (SSSR count). The lowest BCUT2D eigenvalue weighted by molar-refractivity contribution is -0.132. The van der Waals surface area contributed by atoms with Crippen LogP contribution >= 0.6 is 0 Å². The first-order valence-corrected chi connectivity index (χ1v) is 10.1. The second kappa shape index (κ2) is 10.1. The predicted octanol–water partition coefficient (Wildman–Crippen LogP) is 1.80. The van der Waals surface area contributed by atoms with Gasteiger partial charge in [-0.15, -0.1) is 0 Å². The SMILES string of the molecule is Cc1cccc(NC(=O)CN2CCN(C(=O)CCNC(=O)c3ccco3)CC2)c1C. The normalized spacial score (nSPS) is 14.4. The molecule has 8 nitrogen and oxygen atoms in total. The van der Waals surface area contributed by atoms with Gasteiger partial charge in [0.1, 0.15) is 0 Å². The lowest BCUT2D eigenvalue weighted by atomic mass is 10.1. The summed E-state index contributed by atoms with van der Waals surface area (Å²) in [5, 5.41) is 5.65.